The molecular weight excluding hydrogens is 218 g/mol. The minimum absolute atomic E-state index is 0.977. The quantitative estimate of drug-likeness (QED) is 0.781. The van der Waals surface area contributed by atoms with E-state index in [4.69, 9.17) is 0 Å². The van der Waals surface area contributed by atoms with Crippen LogP contribution < -0.4 is 0 Å². The molecule has 0 spiro atoms. The van der Waals surface area contributed by atoms with E-state index in [9.17, 15) is 0 Å². The highest BCUT2D eigenvalue weighted by molar-refractivity contribution is 5.68. The Bertz CT molecular complexity index is 524. The summed E-state index contributed by atoms with van der Waals surface area (Å²) in [7, 11) is 4.22. The third-order valence-corrected chi connectivity index (χ3v) is 3.11. The molecule has 0 atom stereocenters. The molecule has 2 aromatic carbocycles. The predicted octanol–water partition coefficient (Wildman–Crippen LogP) is 4.03. The van der Waals surface area contributed by atoms with Crippen LogP contribution in [0.3, 0.4) is 0 Å². The van der Waals surface area contributed by atoms with Gasteiger partial charge in [0.1, 0.15) is 0 Å². The van der Waals surface area contributed by atoms with Crippen LogP contribution in [0.2, 0.25) is 0 Å². The van der Waals surface area contributed by atoms with Gasteiger partial charge in [0.15, 0.2) is 0 Å². The van der Waals surface area contributed by atoms with Crippen molar-refractivity contribution in [2.45, 2.75) is 20.4 Å². The molecule has 0 N–H and O–H groups in total. The van der Waals surface area contributed by atoms with Crippen molar-refractivity contribution in [1.82, 2.24) is 4.90 Å². The first kappa shape index (κ1) is 12.8. The van der Waals surface area contributed by atoms with Crippen LogP contribution in [-0.2, 0) is 6.54 Å². The molecule has 0 saturated heterocycles. The molecule has 0 bridgehead atoms. The molecule has 0 amide bonds. The molecule has 1 nitrogen and oxygen atoms in total. The average molecular weight is 239 g/mol. The van der Waals surface area contributed by atoms with E-state index < -0.39 is 0 Å². The van der Waals surface area contributed by atoms with Gasteiger partial charge in [0.25, 0.3) is 0 Å². The SMILES string of the molecule is Cc1ccc(-c2ccc(C)cc2CN(C)C)cc1. The topological polar surface area (TPSA) is 3.24 Å². The Kier molecular flexibility index (Phi) is 3.83. The molecule has 1 heteroatoms. The van der Waals surface area contributed by atoms with Crippen LogP contribution >= 0.6 is 0 Å². The average Bonchev–Trinajstić information content (AvgIpc) is 2.30. The van der Waals surface area contributed by atoms with Gasteiger partial charge in [-0.15, -0.1) is 0 Å². The summed E-state index contributed by atoms with van der Waals surface area (Å²) in [5.74, 6) is 0. The lowest BCUT2D eigenvalue weighted by atomic mass is 9.97. The Morgan fingerprint density at radius 1 is 0.833 bits per heavy atom. The van der Waals surface area contributed by atoms with E-state index in [0.29, 0.717) is 0 Å². The number of rotatable bonds is 3. The first-order chi connectivity index (χ1) is 8.56. The van der Waals surface area contributed by atoms with Crippen molar-refractivity contribution in [2.24, 2.45) is 0 Å². The van der Waals surface area contributed by atoms with Crippen molar-refractivity contribution >= 4 is 0 Å². The maximum absolute atomic E-state index is 2.29. The summed E-state index contributed by atoms with van der Waals surface area (Å²) in [5.41, 5.74) is 6.67. The Labute approximate surface area is 110 Å². The van der Waals surface area contributed by atoms with Gasteiger partial charge < -0.3 is 4.90 Å². The summed E-state index contributed by atoms with van der Waals surface area (Å²) in [4.78, 5) is 2.21. The molecule has 2 aromatic rings. The first-order valence-electron chi connectivity index (χ1n) is 6.37. The van der Waals surface area contributed by atoms with Crippen LogP contribution in [0.4, 0.5) is 0 Å². The molecule has 94 valence electrons. The van der Waals surface area contributed by atoms with Crippen LogP contribution in [0.5, 0.6) is 0 Å². The van der Waals surface area contributed by atoms with E-state index in [-0.39, 0.29) is 0 Å². The van der Waals surface area contributed by atoms with E-state index in [1.807, 2.05) is 0 Å². The second-order valence-electron chi connectivity index (χ2n) is 5.26. The lowest BCUT2D eigenvalue weighted by molar-refractivity contribution is 0.403. The fraction of sp³-hybridized carbons (Fsp3) is 0.294. The Morgan fingerprint density at radius 3 is 2.06 bits per heavy atom. The second-order valence-corrected chi connectivity index (χ2v) is 5.26. The largest absolute Gasteiger partial charge is 0.305 e. The standard InChI is InChI=1S/C17H21N/c1-13-5-8-15(9-6-13)17-10-7-14(2)11-16(17)12-18(3)4/h5-11H,12H2,1-4H3. The Hall–Kier alpha value is -1.60. The molecule has 2 rings (SSSR count). The summed E-state index contributed by atoms with van der Waals surface area (Å²) in [6.45, 7) is 5.25. The van der Waals surface area contributed by atoms with Crippen molar-refractivity contribution in [2.75, 3.05) is 14.1 Å². The van der Waals surface area contributed by atoms with E-state index in [2.05, 4.69) is 75.3 Å². The number of hydrogen-bond donors (Lipinski definition) is 0. The zero-order valence-electron chi connectivity index (χ0n) is 11.7. The second kappa shape index (κ2) is 5.36. The number of nitrogens with zero attached hydrogens (tertiary/aromatic N) is 1. The van der Waals surface area contributed by atoms with E-state index in [1.54, 1.807) is 0 Å². The molecule has 0 aliphatic carbocycles. The Morgan fingerprint density at radius 2 is 1.44 bits per heavy atom. The van der Waals surface area contributed by atoms with Gasteiger partial charge in [-0.25, -0.2) is 0 Å². The van der Waals surface area contributed by atoms with Crippen molar-refractivity contribution in [3.05, 3.63) is 59.2 Å². The van der Waals surface area contributed by atoms with Gasteiger partial charge in [-0.3, -0.25) is 0 Å². The van der Waals surface area contributed by atoms with Gasteiger partial charge in [-0.2, -0.15) is 0 Å². The normalized spacial score (nSPS) is 10.9. The smallest absolute Gasteiger partial charge is 0.0233 e. The van der Waals surface area contributed by atoms with E-state index in [1.165, 1.54) is 27.8 Å². The molecule has 0 radical (unpaired) electrons. The molecule has 0 heterocycles. The van der Waals surface area contributed by atoms with Crippen LogP contribution in [0.15, 0.2) is 42.5 Å². The van der Waals surface area contributed by atoms with Crippen molar-refractivity contribution in [1.29, 1.82) is 0 Å². The van der Waals surface area contributed by atoms with Crippen LogP contribution in [0.1, 0.15) is 16.7 Å². The van der Waals surface area contributed by atoms with Gasteiger partial charge >= 0.3 is 0 Å². The number of benzene rings is 2. The van der Waals surface area contributed by atoms with E-state index in [0.717, 1.165) is 6.54 Å². The van der Waals surface area contributed by atoms with Crippen LogP contribution in [0.25, 0.3) is 11.1 Å². The lowest BCUT2D eigenvalue weighted by Gasteiger charge is -2.15. The molecule has 0 fully saturated rings. The number of aryl methyl sites for hydroxylation is 2. The maximum atomic E-state index is 2.29. The predicted molar refractivity (Wildman–Crippen MR) is 78.7 cm³/mol. The van der Waals surface area contributed by atoms with Gasteiger partial charge in [-0.1, -0.05) is 53.6 Å². The summed E-state index contributed by atoms with van der Waals surface area (Å²) < 4.78 is 0. The highest BCUT2D eigenvalue weighted by atomic mass is 15.0. The molecule has 0 aromatic heterocycles. The lowest BCUT2D eigenvalue weighted by Crippen LogP contribution is -2.11. The summed E-state index contributed by atoms with van der Waals surface area (Å²) in [5, 5.41) is 0. The van der Waals surface area contributed by atoms with E-state index >= 15 is 0 Å². The molecule has 0 saturated carbocycles. The summed E-state index contributed by atoms with van der Waals surface area (Å²) in [6, 6.07) is 15.5. The molecular formula is C17H21N. The summed E-state index contributed by atoms with van der Waals surface area (Å²) in [6.07, 6.45) is 0. The van der Waals surface area contributed by atoms with Gasteiger partial charge in [0.05, 0.1) is 0 Å². The van der Waals surface area contributed by atoms with Crippen molar-refractivity contribution < 1.29 is 0 Å². The fourth-order valence-electron chi connectivity index (χ4n) is 2.21. The highest BCUT2D eigenvalue weighted by Gasteiger charge is 2.06. The molecule has 0 aliphatic heterocycles. The van der Waals surface area contributed by atoms with Gasteiger partial charge in [0, 0.05) is 6.54 Å². The fourth-order valence-corrected chi connectivity index (χ4v) is 2.21. The van der Waals surface area contributed by atoms with Crippen molar-refractivity contribution in [3.8, 4) is 11.1 Å². The Balaban J connectivity index is 2.45. The molecule has 18 heavy (non-hydrogen) atoms. The number of hydrogen-bond acceptors (Lipinski definition) is 1. The minimum atomic E-state index is 0.977. The summed E-state index contributed by atoms with van der Waals surface area (Å²) >= 11 is 0. The third-order valence-electron chi connectivity index (χ3n) is 3.11. The zero-order chi connectivity index (χ0) is 13.1. The van der Waals surface area contributed by atoms with Gasteiger partial charge in [-0.05, 0) is 44.6 Å². The van der Waals surface area contributed by atoms with Crippen LogP contribution in [0, 0.1) is 13.8 Å². The van der Waals surface area contributed by atoms with Crippen LogP contribution in [-0.4, -0.2) is 19.0 Å². The first-order valence-corrected chi connectivity index (χ1v) is 6.37. The van der Waals surface area contributed by atoms with Crippen molar-refractivity contribution in [3.63, 3.8) is 0 Å². The molecule has 0 aliphatic rings. The molecule has 0 unspecified atom stereocenters. The minimum Gasteiger partial charge on any atom is -0.305 e. The third kappa shape index (κ3) is 2.99. The zero-order valence-corrected chi connectivity index (χ0v) is 11.7. The maximum Gasteiger partial charge on any atom is 0.0233 e. The monoisotopic (exact) mass is 239 g/mol. The highest BCUT2D eigenvalue weighted by Crippen LogP contribution is 2.25. The van der Waals surface area contributed by atoms with Gasteiger partial charge in [0.2, 0.25) is 0 Å².